The average Bonchev–Trinajstić information content (AvgIpc) is 2.78. The Morgan fingerprint density at radius 1 is 1.18 bits per heavy atom. The number of hydrazone groups is 1. The van der Waals surface area contributed by atoms with Gasteiger partial charge in [0.25, 0.3) is 0 Å². The zero-order valence-electron chi connectivity index (χ0n) is 11.9. The largest absolute Gasteiger partial charge is 0.261 e. The van der Waals surface area contributed by atoms with Crippen LogP contribution in [0.15, 0.2) is 29.6 Å². The van der Waals surface area contributed by atoms with Crippen molar-refractivity contribution >= 4 is 33.6 Å². The summed E-state index contributed by atoms with van der Waals surface area (Å²) in [7, 11) is 0. The first-order valence-electron chi connectivity index (χ1n) is 6.51. The predicted octanol–water partition coefficient (Wildman–Crippen LogP) is 4.03. The third kappa shape index (κ3) is 2.55. The molecule has 0 bridgehead atoms. The normalized spacial score (nSPS) is 11.5. The fourth-order valence-electron chi connectivity index (χ4n) is 2.06. The number of benzene rings is 1. The van der Waals surface area contributed by atoms with Crippen LogP contribution in [0.2, 0.25) is 0 Å². The topological polar surface area (TPSA) is 50.2 Å². The third-order valence-corrected chi connectivity index (χ3v) is 4.44. The second-order valence-electron chi connectivity index (χ2n) is 4.69. The van der Waals surface area contributed by atoms with Gasteiger partial charge in [-0.2, -0.15) is 5.10 Å². The van der Waals surface area contributed by atoms with Gasteiger partial charge in [0.15, 0.2) is 5.82 Å². The summed E-state index contributed by atoms with van der Waals surface area (Å²) in [5.41, 5.74) is 3.61. The van der Waals surface area contributed by atoms with E-state index in [-0.39, 0.29) is 5.56 Å². The summed E-state index contributed by atoms with van der Waals surface area (Å²) in [6, 6.07) is 3.67. The first kappa shape index (κ1) is 14.5. The molecule has 0 atom stereocenters. The van der Waals surface area contributed by atoms with E-state index in [0.29, 0.717) is 5.82 Å². The van der Waals surface area contributed by atoms with Crippen molar-refractivity contribution in [2.45, 2.75) is 13.8 Å². The zero-order chi connectivity index (χ0) is 15.7. The number of fused-ring (bicyclic) bond motifs is 1. The van der Waals surface area contributed by atoms with Crippen LogP contribution < -0.4 is 5.43 Å². The molecule has 0 saturated heterocycles. The van der Waals surface area contributed by atoms with E-state index >= 15 is 0 Å². The van der Waals surface area contributed by atoms with Crippen molar-refractivity contribution < 1.29 is 8.78 Å². The molecular weight excluding hydrogens is 306 g/mol. The van der Waals surface area contributed by atoms with E-state index in [1.807, 2.05) is 13.8 Å². The average molecular weight is 318 g/mol. The lowest BCUT2D eigenvalue weighted by molar-refractivity contribution is 0.580. The van der Waals surface area contributed by atoms with Crippen LogP contribution >= 0.6 is 11.3 Å². The molecule has 2 heterocycles. The molecule has 0 aliphatic carbocycles. The molecule has 0 radical (unpaired) electrons. The molecule has 0 spiro atoms. The van der Waals surface area contributed by atoms with Crippen LogP contribution in [0.3, 0.4) is 0 Å². The highest BCUT2D eigenvalue weighted by Gasteiger charge is 2.11. The molecule has 3 aromatic rings. The van der Waals surface area contributed by atoms with Crippen LogP contribution in [-0.2, 0) is 0 Å². The summed E-state index contributed by atoms with van der Waals surface area (Å²) >= 11 is 1.56. The molecule has 112 valence electrons. The fraction of sp³-hybridized carbons (Fsp3) is 0.133. The van der Waals surface area contributed by atoms with Gasteiger partial charge in [-0.3, -0.25) is 5.43 Å². The summed E-state index contributed by atoms with van der Waals surface area (Å²) in [5, 5.41) is 4.76. The monoisotopic (exact) mass is 318 g/mol. The summed E-state index contributed by atoms with van der Waals surface area (Å²) in [6.07, 6.45) is 2.53. The van der Waals surface area contributed by atoms with E-state index in [1.165, 1.54) is 24.5 Å². The molecule has 2 aromatic heterocycles. The third-order valence-electron chi connectivity index (χ3n) is 3.33. The minimum Gasteiger partial charge on any atom is -0.261 e. The molecule has 0 aliphatic heterocycles. The highest BCUT2D eigenvalue weighted by molar-refractivity contribution is 7.18. The van der Waals surface area contributed by atoms with Crippen LogP contribution in [0.5, 0.6) is 0 Å². The van der Waals surface area contributed by atoms with Crippen molar-refractivity contribution in [3.05, 3.63) is 52.2 Å². The maximum Gasteiger partial charge on any atom is 0.158 e. The van der Waals surface area contributed by atoms with Crippen molar-refractivity contribution in [1.82, 2.24) is 9.97 Å². The highest BCUT2D eigenvalue weighted by atomic mass is 32.1. The van der Waals surface area contributed by atoms with Crippen molar-refractivity contribution in [3.63, 3.8) is 0 Å². The molecule has 0 aliphatic rings. The van der Waals surface area contributed by atoms with Gasteiger partial charge in [0.05, 0.1) is 17.2 Å². The lowest BCUT2D eigenvalue weighted by Crippen LogP contribution is -1.98. The smallest absolute Gasteiger partial charge is 0.158 e. The van der Waals surface area contributed by atoms with E-state index in [1.54, 1.807) is 11.3 Å². The number of aryl methyl sites for hydroxylation is 2. The van der Waals surface area contributed by atoms with Crippen molar-refractivity contribution in [2.75, 3.05) is 5.43 Å². The van der Waals surface area contributed by atoms with Crippen LogP contribution in [0, 0.1) is 25.5 Å². The number of nitrogens with zero attached hydrogens (tertiary/aromatic N) is 3. The van der Waals surface area contributed by atoms with Gasteiger partial charge in [-0.15, -0.1) is 11.3 Å². The molecule has 0 unspecified atom stereocenters. The quantitative estimate of drug-likeness (QED) is 0.586. The van der Waals surface area contributed by atoms with Gasteiger partial charge in [-0.1, -0.05) is 6.07 Å². The predicted molar refractivity (Wildman–Crippen MR) is 84.5 cm³/mol. The number of aromatic nitrogens is 2. The van der Waals surface area contributed by atoms with Crippen LogP contribution in [0.1, 0.15) is 16.0 Å². The maximum atomic E-state index is 13.5. The number of anilines is 1. The molecule has 0 amide bonds. The Kier molecular flexibility index (Phi) is 3.81. The molecule has 7 heteroatoms. The van der Waals surface area contributed by atoms with Gasteiger partial charge in [0, 0.05) is 4.88 Å². The van der Waals surface area contributed by atoms with Crippen molar-refractivity contribution in [1.29, 1.82) is 0 Å². The van der Waals surface area contributed by atoms with E-state index in [4.69, 9.17) is 0 Å². The molecule has 0 saturated carbocycles. The second-order valence-corrected chi connectivity index (χ2v) is 5.89. The van der Waals surface area contributed by atoms with Gasteiger partial charge in [0.1, 0.15) is 22.8 Å². The van der Waals surface area contributed by atoms with Gasteiger partial charge in [0.2, 0.25) is 0 Å². The summed E-state index contributed by atoms with van der Waals surface area (Å²) in [5.74, 6) is -0.818. The van der Waals surface area contributed by atoms with Crippen LogP contribution in [-0.4, -0.2) is 16.2 Å². The van der Waals surface area contributed by atoms with Gasteiger partial charge < -0.3 is 0 Å². The van der Waals surface area contributed by atoms with Gasteiger partial charge >= 0.3 is 0 Å². The number of hydrogen-bond donors (Lipinski definition) is 1. The molecule has 3 rings (SSSR count). The molecule has 0 fully saturated rings. The van der Waals surface area contributed by atoms with Crippen molar-refractivity contribution in [2.24, 2.45) is 5.10 Å². The number of nitrogens with one attached hydrogen (secondary N) is 1. The lowest BCUT2D eigenvalue weighted by Gasteiger charge is -2.02. The van der Waals surface area contributed by atoms with Gasteiger partial charge in [-0.05, 0) is 31.5 Å². The second kappa shape index (κ2) is 5.76. The van der Waals surface area contributed by atoms with Crippen molar-refractivity contribution in [3.8, 4) is 0 Å². The lowest BCUT2D eigenvalue weighted by atomic mass is 10.2. The molecule has 22 heavy (non-hydrogen) atoms. The number of hydrogen-bond acceptors (Lipinski definition) is 5. The first-order valence-corrected chi connectivity index (χ1v) is 7.33. The summed E-state index contributed by atoms with van der Waals surface area (Å²) < 4.78 is 27.0. The van der Waals surface area contributed by atoms with E-state index in [0.717, 1.165) is 26.9 Å². The van der Waals surface area contributed by atoms with E-state index in [9.17, 15) is 8.78 Å². The number of halogens is 2. The molecular formula is C15H12F2N4S. The Bertz CT molecular complexity index is 853. The Morgan fingerprint density at radius 3 is 2.64 bits per heavy atom. The minimum absolute atomic E-state index is 0.196. The number of rotatable bonds is 3. The molecule has 1 aromatic carbocycles. The Labute approximate surface area is 129 Å². The minimum atomic E-state index is -0.666. The Hall–Kier alpha value is -2.41. The maximum absolute atomic E-state index is 13.5. The van der Waals surface area contributed by atoms with Gasteiger partial charge in [-0.25, -0.2) is 18.7 Å². The first-order chi connectivity index (χ1) is 10.6. The van der Waals surface area contributed by atoms with E-state index < -0.39 is 11.6 Å². The van der Waals surface area contributed by atoms with Crippen LogP contribution in [0.25, 0.3) is 10.2 Å². The standard InChI is InChI=1S/C15H12F2N4S/c1-8-9(2)22-15-13(8)14(18-7-19-15)21-20-6-10-11(16)4-3-5-12(10)17/h3-7H,1-2H3,(H,18,19,21)/b20-6-. The van der Waals surface area contributed by atoms with Crippen LogP contribution in [0.4, 0.5) is 14.6 Å². The number of thiophene rings is 1. The highest BCUT2D eigenvalue weighted by Crippen LogP contribution is 2.32. The zero-order valence-corrected chi connectivity index (χ0v) is 12.7. The Balaban J connectivity index is 1.93. The molecule has 4 nitrogen and oxygen atoms in total. The van der Waals surface area contributed by atoms with E-state index in [2.05, 4.69) is 20.5 Å². The fourth-order valence-corrected chi connectivity index (χ4v) is 3.06. The molecule has 1 N–H and O–H groups in total. The summed E-state index contributed by atoms with van der Waals surface area (Å²) in [4.78, 5) is 10.3. The Morgan fingerprint density at radius 2 is 1.91 bits per heavy atom. The summed E-state index contributed by atoms with van der Waals surface area (Å²) in [6.45, 7) is 3.98. The SMILES string of the molecule is Cc1sc2ncnc(N/N=C\c3c(F)cccc3F)c2c1C.